The molecule has 1 aromatic heterocycles. The van der Waals surface area contributed by atoms with Crippen LogP contribution in [0, 0.1) is 0 Å². The molecule has 2 saturated heterocycles. The predicted molar refractivity (Wildman–Crippen MR) is 155 cm³/mol. The molecule has 3 aromatic rings. The maximum atomic E-state index is 6.13. The summed E-state index contributed by atoms with van der Waals surface area (Å²) in [6.45, 7) is 8.92. The van der Waals surface area contributed by atoms with Gasteiger partial charge in [0.2, 0.25) is 0 Å². The molecule has 0 spiro atoms. The van der Waals surface area contributed by atoms with Gasteiger partial charge in [-0.2, -0.15) is 0 Å². The Morgan fingerprint density at radius 3 is 1.46 bits per heavy atom. The first kappa shape index (κ1) is 28.3. The second-order valence-corrected chi connectivity index (χ2v) is 10.7. The molecule has 0 atom stereocenters. The van der Waals surface area contributed by atoms with Crippen LogP contribution < -0.4 is 9.47 Å². The molecule has 2 fully saturated rings. The summed E-state index contributed by atoms with van der Waals surface area (Å²) in [7, 11) is 0. The lowest BCUT2D eigenvalue weighted by Crippen LogP contribution is -2.31. The summed E-state index contributed by atoms with van der Waals surface area (Å²) in [6.07, 6.45) is 10.4. The van der Waals surface area contributed by atoms with Gasteiger partial charge in [0, 0.05) is 33.3 Å². The van der Waals surface area contributed by atoms with E-state index in [2.05, 4.69) is 46.2 Å². The second-order valence-electron chi connectivity index (χ2n) is 9.63. The van der Waals surface area contributed by atoms with Gasteiger partial charge >= 0.3 is 0 Å². The molecule has 4 nitrogen and oxygen atoms in total. The zero-order valence-electron chi connectivity index (χ0n) is 20.7. The minimum atomic E-state index is 0. The number of hydrogen-bond acceptors (Lipinski definition) is 5. The van der Waals surface area contributed by atoms with Crippen LogP contribution in [0.4, 0.5) is 0 Å². The molecule has 7 heteroatoms. The number of halogens is 2. The van der Waals surface area contributed by atoms with Gasteiger partial charge < -0.3 is 19.3 Å². The molecule has 35 heavy (non-hydrogen) atoms. The van der Waals surface area contributed by atoms with Gasteiger partial charge in [-0.05, 0) is 101 Å². The molecule has 0 N–H and O–H groups in total. The van der Waals surface area contributed by atoms with Crippen LogP contribution >= 0.6 is 36.2 Å². The number of hydrogen-bond donors (Lipinski definition) is 0. The SMILES string of the molecule is Cl.Cl.c1cc2sc3ccc(OCCCN4CCCCC4)cc3c2cc1OCCCN1CCCCC1. The average Bonchev–Trinajstić information content (AvgIpc) is 3.23. The second kappa shape index (κ2) is 14.5. The highest BCUT2D eigenvalue weighted by atomic mass is 35.5. The van der Waals surface area contributed by atoms with Crippen molar-refractivity contribution in [3.63, 3.8) is 0 Å². The highest BCUT2D eigenvalue weighted by molar-refractivity contribution is 7.25. The topological polar surface area (TPSA) is 24.9 Å². The van der Waals surface area contributed by atoms with Crippen molar-refractivity contribution >= 4 is 56.3 Å². The Morgan fingerprint density at radius 1 is 0.600 bits per heavy atom. The quantitative estimate of drug-likeness (QED) is 0.251. The van der Waals surface area contributed by atoms with E-state index in [4.69, 9.17) is 9.47 Å². The molecular formula is C28H40Cl2N2O2S. The van der Waals surface area contributed by atoms with E-state index in [1.165, 1.54) is 84.9 Å². The molecule has 2 aliphatic rings. The van der Waals surface area contributed by atoms with Crippen LogP contribution in [0.1, 0.15) is 51.4 Å². The van der Waals surface area contributed by atoms with E-state index >= 15 is 0 Å². The predicted octanol–water partition coefficient (Wildman–Crippen LogP) is 7.41. The molecule has 0 unspecified atom stereocenters. The zero-order chi connectivity index (χ0) is 22.3. The number of rotatable bonds is 10. The van der Waals surface area contributed by atoms with Crippen LogP contribution in [0.25, 0.3) is 20.2 Å². The maximum absolute atomic E-state index is 6.13. The summed E-state index contributed by atoms with van der Waals surface area (Å²) >= 11 is 1.85. The van der Waals surface area contributed by atoms with Gasteiger partial charge in [-0.3, -0.25) is 0 Å². The van der Waals surface area contributed by atoms with Crippen LogP contribution in [0.5, 0.6) is 11.5 Å². The van der Waals surface area contributed by atoms with Gasteiger partial charge in [0.15, 0.2) is 0 Å². The first-order valence-electron chi connectivity index (χ1n) is 13.0. The summed E-state index contributed by atoms with van der Waals surface area (Å²) in [5.41, 5.74) is 0. The fraction of sp³-hybridized carbons (Fsp3) is 0.571. The van der Waals surface area contributed by atoms with E-state index in [9.17, 15) is 0 Å². The number of nitrogens with zero attached hydrogens (tertiary/aromatic N) is 2. The molecule has 0 bridgehead atoms. The van der Waals surface area contributed by atoms with Crippen molar-refractivity contribution < 1.29 is 9.47 Å². The monoisotopic (exact) mass is 538 g/mol. The van der Waals surface area contributed by atoms with E-state index in [0.717, 1.165) is 50.6 Å². The highest BCUT2D eigenvalue weighted by Crippen LogP contribution is 2.37. The molecule has 5 rings (SSSR count). The van der Waals surface area contributed by atoms with Crippen LogP contribution in [0.3, 0.4) is 0 Å². The molecular weight excluding hydrogens is 499 g/mol. The van der Waals surface area contributed by atoms with E-state index in [1.54, 1.807) is 0 Å². The fourth-order valence-electron chi connectivity index (χ4n) is 5.24. The highest BCUT2D eigenvalue weighted by Gasteiger charge is 2.12. The largest absolute Gasteiger partial charge is 0.494 e. The summed E-state index contributed by atoms with van der Waals surface area (Å²) < 4.78 is 14.9. The van der Waals surface area contributed by atoms with Crippen molar-refractivity contribution in [1.82, 2.24) is 9.80 Å². The Kier molecular flexibility index (Phi) is 11.7. The molecule has 3 heterocycles. The maximum Gasteiger partial charge on any atom is 0.120 e. The average molecular weight is 540 g/mol. The van der Waals surface area contributed by atoms with Crippen LogP contribution in [0.2, 0.25) is 0 Å². The normalized spacial score (nSPS) is 17.1. The lowest BCUT2D eigenvalue weighted by Gasteiger charge is -2.26. The summed E-state index contributed by atoms with van der Waals surface area (Å²) in [5.74, 6) is 1.96. The fourth-order valence-corrected chi connectivity index (χ4v) is 6.30. The Labute approximate surface area is 226 Å². The third-order valence-corrected chi connectivity index (χ3v) is 8.24. The minimum Gasteiger partial charge on any atom is -0.494 e. The van der Waals surface area contributed by atoms with E-state index in [0.29, 0.717) is 0 Å². The standard InChI is InChI=1S/C28H38N2O2S.2ClH/c1-3-13-29(14-4-1)17-7-19-31-23-9-11-27-25(21-23)26-22-24(10-12-28(26)33-27)32-20-8-18-30-15-5-2-6-16-30;;/h9-12,21-22H,1-8,13-20H2;2*1H. The molecule has 0 aliphatic carbocycles. The van der Waals surface area contributed by atoms with Crippen molar-refractivity contribution in [3.05, 3.63) is 36.4 Å². The number of fused-ring (bicyclic) bond motifs is 3. The minimum absolute atomic E-state index is 0. The summed E-state index contributed by atoms with van der Waals surface area (Å²) in [6, 6.07) is 13.1. The third-order valence-electron chi connectivity index (χ3n) is 7.08. The van der Waals surface area contributed by atoms with E-state index in [-0.39, 0.29) is 24.8 Å². The molecule has 0 radical (unpaired) electrons. The van der Waals surface area contributed by atoms with E-state index in [1.807, 2.05) is 11.3 Å². The zero-order valence-corrected chi connectivity index (χ0v) is 23.2. The number of ether oxygens (including phenoxy) is 2. The smallest absolute Gasteiger partial charge is 0.120 e. The summed E-state index contributed by atoms with van der Waals surface area (Å²) in [4.78, 5) is 5.16. The number of piperidine rings is 2. The van der Waals surface area contributed by atoms with Gasteiger partial charge in [-0.15, -0.1) is 36.2 Å². The van der Waals surface area contributed by atoms with Crippen molar-refractivity contribution in [2.75, 3.05) is 52.5 Å². The van der Waals surface area contributed by atoms with E-state index < -0.39 is 0 Å². The molecule has 194 valence electrons. The van der Waals surface area contributed by atoms with Crippen molar-refractivity contribution in [3.8, 4) is 11.5 Å². The molecule has 0 amide bonds. The Balaban J connectivity index is 0.00000171. The van der Waals surface area contributed by atoms with Gasteiger partial charge in [0.25, 0.3) is 0 Å². The van der Waals surface area contributed by atoms with Crippen LogP contribution in [-0.4, -0.2) is 62.3 Å². The van der Waals surface area contributed by atoms with Gasteiger partial charge in [-0.25, -0.2) is 0 Å². The summed E-state index contributed by atoms with van der Waals surface area (Å²) in [5, 5.41) is 2.56. The van der Waals surface area contributed by atoms with Crippen molar-refractivity contribution in [2.24, 2.45) is 0 Å². The third kappa shape index (κ3) is 7.87. The van der Waals surface area contributed by atoms with Gasteiger partial charge in [-0.1, -0.05) is 12.8 Å². The number of benzene rings is 2. The van der Waals surface area contributed by atoms with Crippen LogP contribution in [0.15, 0.2) is 36.4 Å². The van der Waals surface area contributed by atoms with Gasteiger partial charge in [0.05, 0.1) is 13.2 Å². The first-order chi connectivity index (χ1) is 16.3. The molecule has 2 aliphatic heterocycles. The van der Waals surface area contributed by atoms with Crippen molar-refractivity contribution in [2.45, 2.75) is 51.4 Å². The Morgan fingerprint density at radius 2 is 1.03 bits per heavy atom. The first-order valence-corrected chi connectivity index (χ1v) is 13.8. The van der Waals surface area contributed by atoms with Gasteiger partial charge in [0.1, 0.15) is 11.5 Å². The van der Waals surface area contributed by atoms with Crippen LogP contribution in [-0.2, 0) is 0 Å². The lowest BCUT2D eigenvalue weighted by atomic mass is 10.1. The lowest BCUT2D eigenvalue weighted by molar-refractivity contribution is 0.205. The Bertz CT molecular complexity index is 952. The molecule has 0 saturated carbocycles. The Hall–Kier alpha value is -1.24. The van der Waals surface area contributed by atoms with Crippen molar-refractivity contribution in [1.29, 1.82) is 0 Å². The number of thiophene rings is 1. The number of likely N-dealkylation sites (tertiary alicyclic amines) is 2. The molecule has 2 aromatic carbocycles.